The molecule has 1 aromatic heterocycles. The summed E-state index contributed by atoms with van der Waals surface area (Å²) in [6, 6.07) is 5.20. The molecule has 0 spiro atoms. The fourth-order valence-corrected chi connectivity index (χ4v) is 5.14. The van der Waals surface area contributed by atoms with E-state index in [1.165, 1.54) is 13.0 Å². The number of carbonyl (C=O) groups is 1. The van der Waals surface area contributed by atoms with E-state index in [1.54, 1.807) is 0 Å². The zero-order valence-corrected chi connectivity index (χ0v) is 24.2. The first-order valence-electron chi connectivity index (χ1n) is 13.9. The fraction of sp³-hybridized carbons (Fsp3) is 0.448. The minimum absolute atomic E-state index is 0.0502. The molecule has 3 aromatic rings. The van der Waals surface area contributed by atoms with Gasteiger partial charge in [-0.25, -0.2) is 0 Å². The lowest BCUT2D eigenvalue weighted by molar-refractivity contribution is -0.319. The molecule has 10 atom stereocenters. The monoisotopic (exact) mass is 652 g/mol. The number of aliphatic hydroxyl groups is 5. The molecule has 0 radical (unpaired) electrons. The Labute approximate surface area is 258 Å². The van der Waals surface area contributed by atoms with Gasteiger partial charge in [-0.1, -0.05) is 0 Å². The smallest absolute Gasteiger partial charge is 0.303 e. The molecule has 9 N–H and O–H groups in total. The summed E-state index contributed by atoms with van der Waals surface area (Å²) in [6.45, 7) is 1.78. The third-order valence-corrected chi connectivity index (χ3v) is 7.57. The zero-order valence-electron chi connectivity index (χ0n) is 24.2. The fourth-order valence-electron chi connectivity index (χ4n) is 5.14. The van der Waals surface area contributed by atoms with Gasteiger partial charge in [0.1, 0.15) is 59.1 Å². The van der Waals surface area contributed by atoms with Gasteiger partial charge in [-0.15, -0.1) is 0 Å². The lowest BCUT2D eigenvalue weighted by Crippen LogP contribution is -2.62. The Morgan fingerprint density at radius 3 is 2.22 bits per heavy atom. The van der Waals surface area contributed by atoms with Gasteiger partial charge in [0.05, 0.1) is 12.7 Å². The first-order chi connectivity index (χ1) is 21.7. The third kappa shape index (κ3) is 6.26. The summed E-state index contributed by atoms with van der Waals surface area (Å²) in [5.41, 5.74) is -1.40. The van der Waals surface area contributed by atoms with Crippen molar-refractivity contribution in [2.75, 3.05) is 6.61 Å². The van der Waals surface area contributed by atoms with Crippen molar-refractivity contribution in [3.8, 4) is 40.1 Å². The maximum atomic E-state index is 13.8. The number of ether oxygens (including phenoxy) is 5. The highest BCUT2D eigenvalue weighted by Crippen LogP contribution is 2.39. The number of aliphatic hydroxyl groups excluding tert-OH is 5. The van der Waals surface area contributed by atoms with E-state index in [-0.39, 0.29) is 11.1 Å². The molecule has 2 saturated heterocycles. The number of phenolic OH excluding ortho intramolecular Hbond substituents is 4. The van der Waals surface area contributed by atoms with Crippen LogP contribution in [0.3, 0.4) is 0 Å². The molecule has 2 aromatic carbocycles. The highest BCUT2D eigenvalue weighted by Gasteiger charge is 2.50. The Bertz CT molecular complexity index is 1650. The highest BCUT2D eigenvalue weighted by molar-refractivity contribution is 5.88. The van der Waals surface area contributed by atoms with Crippen molar-refractivity contribution in [2.45, 2.75) is 75.3 Å². The van der Waals surface area contributed by atoms with Crippen LogP contribution < -0.4 is 10.2 Å². The highest BCUT2D eigenvalue weighted by atomic mass is 16.7. The lowest BCUT2D eigenvalue weighted by Gasteiger charge is -2.43. The van der Waals surface area contributed by atoms with Gasteiger partial charge in [0.25, 0.3) is 0 Å². The van der Waals surface area contributed by atoms with E-state index in [2.05, 4.69) is 0 Å². The number of fused-ring (bicyclic) bond motifs is 1. The van der Waals surface area contributed by atoms with Gasteiger partial charge in [-0.2, -0.15) is 0 Å². The zero-order chi connectivity index (χ0) is 33.6. The molecule has 2 fully saturated rings. The third-order valence-electron chi connectivity index (χ3n) is 7.57. The van der Waals surface area contributed by atoms with Crippen molar-refractivity contribution in [1.82, 2.24) is 0 Å². The summed E-state index contributed by atoms with van der Waals surface area (Å²) < 4.78 is 33.4. The summed E-state index contributed by atoms with van der Waals surface area (Å²) in [5.74, 6) is -4.37. The molecule has 17 nitrogen and oxygen atoms in total. The summed E-state index contributed by atoms with van der Waals surface area (Å²) in [6.07, 6.45) is -16.1. The van der Waals surface area contributed by atoms with Crippen LogP contribution in [0.15, 0.2) is 39.5 Å². The molecule has 2 aliphatic rings. The summed E-state index contributed by atoms with van der Waals surface area (Å²) in [4.78, 5) is 25.7. The van der Waals surface area contributed by atoms with Gasteiger partial charge in [0.2, 0.25) is 17.5 Å². The maximum absolute atomic E-state index is 13.8. The number of esters is 1. The maximum Gasteiger partial charge on any atom is 0.303 e. The topological polar surface area (TPSA) is 275 Å². The van der Waals surface area contributed by atoms with Crippen LogP contribution in [-0.4, -0.2) is 120 Å². The Morgan fingerprint density at radius 1 is 0.826 bits per heavy atom. The van der Waals surface area contributed by atoms with E-state index in [4.69, 9.17) is 28.1 Å². The van der Waals surface area contributed by atoms with E-state index < -0.39 is 119 Å². The first kappa shape index (κ1) is 33.2. The molecular formula is C29H32O17. The Hall–Kier alpha value is -4.20. The molecule has 0 aliphatic carbocycles. The van der Waals surface area contributed by atoms with Crippen LogP contribution in [0.1, 0.15) is 13.8 Å². The van der Waals surface area contributed by atoms with Crippen molar-refractivity contribution in [1.29, 1.82) is 0 Å². The number of carbonyl (C=O) groups excluding carboxylic acids is 1. The average molecular weight is 653 g/mol. The molecule has 46 heavy (non-hydrogen) atoms. The molecule has 0 saturated carbocycles. The largest absolute Gasteiger partial charge is 0.508 e. The van der Waals surface area contributed by atoms with Gasteiger partial charge in [-0.3, -0.25) is 9.59 Å². The SMILES string of the molecule is CC(=O)O[C@H]1[C@H](Oc2c(-c3ccc(O)c(O)c3)oc3cc(O)cc(O)c3c2=O)O[C@H](CO[C@@H]2O[C@@H](C)[C@H](O)[C@@H](O)[C@H]2O)[C@@H](O)[C@@H]1O. The Kier molecular flexibility index (Phi) is 9.30. The van der Waals surface area contributed by atoms with Gasteiger partial charge in [-0.05, 0) is 25.1 Å². The van der Waals surface area contributed by atoms with Crippen LogP contribution in [0.2, 0.25) is 0 Å². The second-order valence-electron chi connectivity index (χ2n) is 10.9. The predicted molar refractivity (Wildman–Crippen MR) is 150 cm³/mol. The van der Waals surface area contributed by atoms with Crippen LogP contribution in [0.5, 0.6) is 28.7 Å². The number of aromatic hydroxyl groups is 4. The summed E-state index contributed by atoms with van der Waals surface area (Å²) >= 11 is 0. The molecule has 5 rings (SSSR count). The van der Waals surface area contributed by atoms with E-state index in [0.717, 1.165) is 31.2 Å². The molecule has 2 aliphatic heterocycles. The van der Waals surface area contributed by atoms with Crippen LogP contribution in [-0.2, 0) is 23.7 Å². The second-order valence-corrected chi connectivity index (χ2v) is 10.9. The number of phenols is 4. The van der Waals surface area contributed by atoms with E-state index in [0.29, 0.717) is 0 Å². The first-order valence-corrected chi connectivity index (χ1v) is 13.9. The minimum Gasteiger partial charge on any atom is -0.508 e. The van der Waals surface area contributed by atoms with Crippen molar-refractivity contribution in [2.24, 2.45) is 0 Å². The second kappa shape index (κ2) is 12.9. The lowest BCUT2D eigenvalue weighted by atomic mass is 9.98. The van der Waals surface area contributed by atoms with Gasteiger partial charge >= 0.3 is 5.97 Å². The molecule has 0 amide bonds. The van der Waals surface area contributed by atoms with E-state index in [1.807, 2.05) is 0 Å². The molecule has 0 bridgehead atoms. The van der Waals surface area contributed by atoms with E-state index >= 15 is 0 Å². The van der Waals surface area contributed by atoms with Gasteiger partial charge in [0, 0.05) is 24.6 Å². The Balaban J connectivity index is 1.53. The normalized spacial score (nSPS) is 31.5. The summed E-state index contributed by atoms with van der Waals surface area (Å²) in [7, 11) is 0. The number of hydrogen-bond acceptors (Lipinski definition) is 17. The van der Waals surface area contributed by atoms with Crippen LogP contribution in [0.25, 0.3) is 22.3 Å². The Morgan fingerprint density at radius 2 is 1.54 bits per heavy atom. The van der Waals surface area contributed by atoms with Crippen molar-refractivity contribution in [3.05, 3.63) is 40.6 Å². The number of rotatable bonds is 7. The minimum atomic E-state index is -1.92. The van der Waals surface area contributed by atoms with Gasteiger partial charge in [0.15, 0.2) is 29.7 Å². The van der Waals surface area contributed by atoms with Crippen LogP contribution >= 0.6 is 0 Å². The van der Waals surface area contributed by atoms with E-state index in [9.17, 15) is 55.5 Å². The average Bonchev–Trinajstić information content (AvgIpc) is 2.99. The molecule has 0 unspecified atom stereocenters. The van der Waals surface area contributed by atoms with Crippen molar-refractivity contribution >= 4 is 16.9 Å². The standard InChI is InChI=1S/C29H32O17/c1-9-19(35)22(38)24(40)28(42-9)41-8-17-20(36)23(39)27(43-10(2)30)29(45-17)46-26-21(37)18-15(34)6-12(31)7-16(18)44-25(26)11-3-4-13(32)14(33)5-11/h3-7,9,17,19-20,22-24,27-29,31-36,38-40H,8H2,1-2H3/t9-,17+,19-,20+,22+,23-,24+,27+,28+,29-/m0/s1. The van der Waals surface area contributed by atoms with Gasteiger partial charge < -0.3 is 74.1 Å². The predicted octanol–water partition coefficient (Wildman–Crippen LogP) is -1.12. The molecule has 17 heteroatoms. The van der Waals surface area contributed by atoms with Crippen molar-refractivity contribution in [3.63, 3.8) is 0 Å². The molecule has 3 heterocycles. The van der Waals surface area contributed by atoms with Crippen molar-refractivity contribution < 1.29 is 78.9 Å². The van der Waals surface area contributed by atoms with Crippen LogP contribution in [0, 0.1) is 0 Å². The van der Waals surface area contributed by atoms with Crippen LogP contribution in [0.4, 0.5) is 0 Å². The summed E-state index contributed by atoms with van der Waals surface area (Å²) in [5, 5.41) is 91.9. The number of benzene rings is 2. The molecular weight excluding hydrogens is 620 g/mol. The number of hydrogen-bond donors (Lipinski definition) is 9. The quantitative estimate of drug-likeness (QED) is 0.108. The molecule has 250 valence electrons.